The van der Waals surface area contributed by atoms with Gasteiger partial charge in [-0.2, -0.15) is 0 Å². The van der Waals surface area contributed by atoms with Gasteiger partial charge in [0.15, 0.2) is 0 Å². The Morgan fingerprint density at radius 2 is 1.30 bits per heavy atom. The van der Waals surface area contributed by atoms with Gasteiger partial charge in [-0.05, 0) is 17.9 Å². The van der Waals surface area contributed by atoms with E-state index in [1.54, 1.807) is 0 Å². The third-order valence-electron chi connectivity index (χ3n) is 3.67. The predicted octanol–water partition coefficient (Wildman–Crippen LogP) is 5.62. The van der Waals surface area contributed by atoms with Gasteiger partial charge in [0.05, 0.1) is 0 Å². The summed E-state index contributed by atoms with van der Waals surface area (Å²) in [7, 11) is -2.83. The Bertz CT molecular complexity index is 607. The summed E-state index contributed by atoms with van der Waals surface area (Å²) in [4.78, 5) is 0. The van der Waals surface area contributed by atoms with Crippen LogP contribution in [0.4, 0.5) is 5.69 Å². The zero-order valence-electron chi connectivity index (χ0n) is 13.9. The van der Waals surface area contributed by atoms with Gasteiger partial charge in [0, 0.05) is 11.1 Å². The van der Waals surface area contributed by atoms with E-state index in [2.05, 4.69) is 86.8 Å². The molecule has 108 valence electrons. The first kappa shape index (κ1) is 15.3. The van der Waals surface area contributed by atoms with Crippen LogP contribution in [0, 0.1) is 6.92 Å². The first-order valence-corrected chi connectivity index (χ1v) is 14.3. The molecule has 0 spiro atoms. The summed E-state index contributed by atoms with van der Waals surface area (Å²) in [6.07, 6.45) is 0. The molecular weight excluding hydrogens is 274 g/mol. The summed E-state index contributed by atoms with van der Waals surface area (Å²) in [5, 5.41) is 2.77. The molecule has 0 fully saturated rings. The van der Waals surface area contributed by atoms with Gasteiger partial charge >= 0.3 is 0 Å². The van der Waals surface area contributed by atoms with Crippen molar-refractivity contribution in [1.82, 2.24) is 0 Å². The van der Waals surface area contributed by atoms with Crippen molar-refractivity contribution < 1.29 is 0 Å². The second-order valence-electron chi connectivity index (χ2n) is 7.63. The van der Waals surface area contributed by atoms with Crippen LogP contribution in [0.3, 0.4) is 0 Å². The number of benzene rings is 2. The second-order valence-corrected chi connectivity index (χ2v) is 17.7. The third-order valence-corrected chi connectivity index (χ3v) is 10.8. The number of anilines is 1. The maximum Gasteiger partial charge on any atom is 0.138 e. The standard InChI is InChI=1S/C17H27NSi2/c1-14-12-13-15-10-8-9-11-16(15)17(14)18(19(2,3)4)20(5,6)7/h8-13H,1-7H3. The minimum Gasteiger partial charge on any atom is -0.424 e. The lowest BCUT2D eigenvalue weighted by Crippen LogP contribution is -2.59. The fraction of sp³-hybridized carbons (Fsp3) is 0.412. The lowest BCUT2D eigenvalue weighted by molar-refractivity contribution is 1.33. The first-order chi connectivity index (χ1) is 9.12. The van der Waals surface area contributed by atoms with E-state index >= 15 is 0 Å². The van der Waals surface area contributed by atoms with Gasteiger partial charge in [-0.3, -0.25) is 0 Å². The molecule has 0 aliphatic rings. The zero-order valence-corrected chi connectivity index (χ0v) is 15.9. The van der Waals surface area contributed by atoms with Crippen LogP contribution >= 0.6 is 0 Å². The van der Waals surface area contributed by atoms with Crippen molar-refractivity contribution in [1.29, 1.82) is 0 Å². The molecule has 1 nitrogen and oxygen atoms in total. The van der Waals surface area contributed by atoms with Gasteiger partial charge in [0.2, 0.25) is 0 Å². The van der Waals surface area contributed by atoms with Crippen molar-refractivity contribution in [3.63, 3.8) is 0 Å². The molecule has 0 unspecified atom stereocenters. The molecule has 20 heavy (non-hydrogen) atoms. The molecular formula is C17H27NSi2. The second kappa shape index (κ2) is 5.04. The normalized spacial score (nSPS) is 12.8. The lowest BCUT2D eigenvalue weighted by atomic mass is 10.1. The SMILES string of the molecule is Cc1ccc2ccccc2c1N([Si](C)(C)C)[Si](C)(C)C. The Balaban J connectivity index is 2.81. The van der Waals surface area contributed by atoms with Crippen LogP contribution in [-0.2, 0) is 0 Å². The molecule has 0 heterocycles. The maximum atomic E-state index is 2.83. The molecule has 0 aromatic heterocycles. The van der Waals surface area contributed by atoms with E-state index in [0.717, 1.165) is 0 Å². The van der Waals surface area contributed by atoms with Crippen molar-refractivity contribution in [2.24, 2.45) is 0 Å². The van der Waals surface area contributed by atoms with E-state index in [4.69, 9.17) is 0 Å². The molecule has 0 N–H and O–H groups in total. The highest BCUT2D eigenvalue weighted by atomic mass is 28.4. The van der Waals surface area contributed by atoms with Gasteiger partial charge in [-0.25, -0.2) is 0 Å². The summed E-state index contributed by atoms with van der Waals surface area (Å²) in [6.45, 7) is 17.0. The highest BCUT2D eigenvalue weighted by Crippen LogP contribution is 2.36. The van der Waals surface area contributed by atoms with E-state index in [0.29, 0.717) is 0 Å². The van der Waals surface area contributed by atoms with Crippen LogP contribution in [0.15, 0.2) is 36.4 Å². The van der Waals surface area contributed by atoms with Gasteiger partial charge in [-0.1, -0.05) is 75.7 Å². The van der Waals surface area contributed by atoms with Crippen molar-refractivity contribution in [3.05, 3.63) is 42.0 Å². The Morgan fingerprint density at radius 3 is 1.85 bits per heavy atom. The number of nitrogens with zero attached hydrogens (tertiary/aromatic N) is 1. The molecule has 2 rings (SSSR count). The van der Waals surface area contributed by atoms with E-state index in [1.807, 2.05) is 0 Å². The smallest absolute Gasteiger partial charge is 0.138 e. The molecule has 0 aliphatic heterocycles. The molecule has 2 aromatic carbocycles. The van der Waals surface area contributed by atoms with Crippen molar-refractivity contribution in [3.8, 4) is 0 Å². The lowest BCUT2D eigenvalue weighted by Gasteiger charge is -2.47. The molecule has 0 aliphatic carbocycles. The minimum absolute atomic E-state index is 1.36. The largest absolute Gasteiger partial charge is 0.424 e. The third kappa shape index (κ3) is 2.84. The quantitative estimate of drug-likeness (QED) is 0.665. The van der Waals surface area contributed by atoms with Crippen LogP contribution in [0.1, 0.15) is 5.56 Å². The summed E-state index contributed by atoms with van der Waals surface area (Å²) < 4.78 is 2.83. The molecule has 3 heteroatoms. The summed E-state index contributed by atoms with van der Waals surface area (Å²) >= 11 is 0. The van der Waals surface area contributed by atoms with Crippen LogP contribution < -0.4 is 4.23 Å². The van der Waals surface area contributed by atoms with Gasteiger partial charge in [0.25, 0.3) is 0 Å². The van der Waals surface area contributed by atoms with Crippen LogP contribution in [-0.4, -0.2) is 16.5 Å². The van der Waals surface area contributed by atoms with Crippen molar-refractivity contribution in [2.45, 2.75) is 46.2 Å². The monoisotopic (exact) mass is 301 g/mol. The summed E-state index contributed by atoms with van der Waals surface area (Å²) in [6, 6.07) is 13.3. The molecule has 2 aromatic rings. The average Bonchev–Trinajstić information content (AvgIpc) is 2.29. The van der Waals surface area contributed by atoms with Crippen LogP contribution in [0.5, 0.6) is 0 Å². The molecule has 0 saturated carbocycles. The summed E-state index contributed by atoms with van der Waals surface area (Å²) in [5.74, 6) is 0. The van der Waals surface area contributed by atoms with Gasteiger partial charge in [0.1, 0.15) is 16.5 Å². The number of hydrogen-bond donors (Lipinski definition) is 0. The molecule has 0 atom stereocenters. The number of rotatable bonds is 3. The van der Waals surface area contributed by atoms with Crippen LogP contribution in [0.25, 0.3) is 10.8 Å². The van der Waals surface area contributed by atoms with Crippen LogP contribution in [0.2, 0.25) is 39.3 Å². The van der Waals surface area contributed by atoms with E-state index in [9.17, 15) is 0 Å². The predicted molar refractivity (Wildman–Crippen MR) is 97.9 cm³/mol. The van der Waals surface area contributed by atoms with Gasteiger partial charge in [-0.15, -0.1) is 0 Å². The topological polar surface area (TPSA) is 3.24 Å². The number of fused-ring (bicyclic) bond motifs is 1. The Kier molecular flexibility index (Phi) is 3.86. The maximum absolute atomic E-state index is 2.83. The number of aryl methyl sites for hydroxylation is 1. The fourth-order valence-electron chi connectivity index (χ4n) is 3.34. The Labute approximate surface area is 125 Å². The fourth-order valence-corrected chi connectivity index (χ4v) is 13.3. The van der Waals surface area contributed by atoms with Gasteiger partial charge < -0.3 is 4.23 Å². The highest BCUT2D eigenvalue weighted by molar-refractivity contribution is 6.99. The molecule has 0 amide bonds. The Hall–Kier alpha value is -1.07. The van der Waals surface area contributed by atoms with E-state index < -0.39 is 16.5 Å². The molecule has 0 bridgehead atoms. The minimum atomic E-state index is -1.42. The summed E-state index contributed by atoms with van der Waals surface area (Å²) in [5.41, 5.74) is 2.90. The number of hydrogen-bond acceptors (Lipinski definition) is 1. The average molecular weight is 302 g/mol. The highest BCUT2D eigenvalue weighted by Gasteiger charge is 2.36. The molecule has 0 saturated heterocycles. The van der Waals surface area contributed by atoms with E-state index in [-0.39, 0.29) is 0 Å². The Morgan fingerprint density at radius 1 is 0.750 bits per heavy atom. The first-order valence-electron chi connectivity index (χ1n) is 7.41. The molecule has 0 radical (unpaired) electrons. The zero-order chi connectivity index (χ0) is 15.1. The van der Waals surface area contributed by atoms with Crippen molar-refractivity contribution in [2.75, 3.05) is 4.23 Å². The van der Waals surface area contributed by atoms with Crippen molar-refractivity contribution >= 4 is 32.9 Å². The van der Waals surface area contributed by atoms with E-state index in [1.165, 1.54) is 22.0 Å².